The molecule has 0 saturated heterocycles. The molecule has 6 heteroatoms. The van der Waals surface area contributed by atoms with E-state index in [-0.39, 0.29) is 4.90 Å². The van der Waals surface area contributed by atoms with Crippen molar-refractivity contribution in [3.63, 3.8) is 0 Å². The molecule has 0 fully saturated rings. The van der Waals surface area contributed by atoms with E-state index < -0.39 is 10.1 Å². The van der Waals surface area contributed by atoms with Gasteiger partial charge in [0, 0.05) is 6.92 Å². The largest absolute Gasteiger partial charge is 0.295 e. The summed E-state index contributed by atoms with van der Waals surface area (Å²) >= 11 is 0. The maximum absolute atomic E-state index is 10.6. The van der Waals surface area contributed by atoms with Crippen molar-refractivity contribution < 1.29 is 13.0 Å². The number of nitrogens with zero attached hydrogens (tertiary/aromatic N) is 1. The van der Waals surface area contributed by atoms with Gasteiger partial charge in [0.1, 0.15) is 4.90 Å². The SMILES string of the molecule is CC#N.O=S(=O)(O)c1ccccc1P. The second kappa shape index (κ2) is 5.71. The molecule has 0 aromatic heterocycles. The highest BCUT2D eigenvalue weighted by molar-refractivity contribution is 7.86. The van der Waals surface area contributed by atoms with Crippen LogP contribution in [0.3, 0.4) is 0 Å². The maximum Gasteiger partial charge on any atom is 0.295 e. The van der Waals surface area contributed by atoms with Gasteiger partial charge in [-0.25, -0.2) is 0 Å². The van der Waals surface area contributed by atoms with E-state index in [4.69, 9.17) is 9.81 Å². The summed E-state index contributed by atoms with van der Waals surface area (Å²) in [6.45, 7) is 1.43. The average molecular weight is 231 g/mol. The van der Waals surface area contributed by atoms with Crippen LogP contribution in [0.5, 0.6) is 0 Å². The Hall–Kier alpha value is -0.950. The number of benzene rings is 1. The molecule has 0 heterocycles. The van der Waals surface area contributed by atoms with Gasteiger partial charge in [-0.1, -0.05) is 18.2 Å². The van der Waals surface area contributed by atoms with Crippen LogP contribution in [0.4, 0.5) is 0 Å². The standard InChI is InChI=1S/C6H7O3PS.C2H3N/c7-11(8,9)6-4-2-1-3-5(6)10;1-2-3/h1-4H,10H2,(H,7,8,9);1H3. The Balaban J connectivity index is 0.000000500. The third-order valence-corrected chi connectivity index (χ3v) is 2.84. The van der Waals surface area contributed by atoms with Gasteiger partial charge in [-0.2, -0.15) is 13.7 Å². The molecular formula is C8H10NO3PS. The minimum atomic E-state index is -4.05. The highest BCUT2D eigenvalue weighted by Crippen LogP contribution is 2.06. The Labute approximate surface area is 85.5 Å². The van der Waals surface area contributed by atoms with E-state index in [2.05, 4.69) is 9.24 Å². The van der Waals surface area contributed by atoms with Crippen LogP contribution < -0.4 is 5.30 Å². The van der Waals surface area contributed by atoms with Crippen molar-refractivity contribution in [3.05, 3.63) is 24.3 Å². The lowest BCUT2D eigenvalue weighted by Gasteiger charge is -1.98. The van der Waals surface area contributed by atoms with E-state index in [1.165, 1.54) is 13.0 Å². The lowest BCUT2D eigenvalue weighted by molar-refractivity contribution is 0.484. The van der Waals surface area contributed by atoms with Crippen molar-refractivity contribution in [2.75, 3.05) is 0 Å². The molecule has 1 N–H and O–H groups in total. The first kappa shape index (κ1) is 13.1. The van der Waals surface area contributed by atoms with Crippen LogP contribution in [0.1, 0.15) is 6.92 Å². The molecule has 4 nitrogen and oxygen atoms in total. The molecule has 1 atom stereocenters. The molecule has 76 valence electrons. The zero-order valence-corrected chi connectivity index (χ0v) is 9.48. The Bertz CT molecular complexity index is 436. The number of rotatable bonds is 1. The first-order valence-electron chi connectivity index (χ1n) is 3.56. The molecule has 0 aliphatic carbocycles. The fourth-order valence-electron chi connectivity index (χ4n) is 0.715. The summed E-state index contributed by atoms with van der Waals surface area (Å²) < 4.78 is 29.8. The van der Waals surface area contributed by atoms with E-state index in [1.807, 2.05) is 0 Å². The summed E-state index contributed by atoms with van der Waals surface area (Å²) in [5, 5.41) is 7.79. The summed E-state index contributed by atoms with van der Waals surface area (Å²) in [5.74, 6) is 0. The van der Waals surface area contributed by atoms with Gasteiger partial charge in [-0.3, -0.25) is 4.55 Å². The van der Waals surface area contributed by atoms with Gasteiger partial charge in [0.2, 0.25) is 0 Å². The van der Waals surface area contributed by atoms with Gasteiger partial charge >= 0.3 is 0 Å². The Morgan fingerprint density at radius 1 is 1.43 bits per heavy atom. The lowest BCUT2D eigenvalue weighted by Crippen LogP contribution is -2.07. The minimum absolute atomic E-state index is 0.0648. The molecular weight excluding hydrogens is 221 g/mol. The summed E-state index contributed by atoms with van der Waals surface area (Å²) in [4.78, 5) is -0.0648. The van der Waals surface area contributed by atoms with Gasteiger partial charge in [0.25, 0.3) is 10.1 Å². The topological polar surface area (TPSA) is 78.2 Å². The lowest BCUT2D eigenvalue weighted by atomic mass is 10.4. The average Bonchev–Trinajstić information content (AvgIpc) is 2.04. The second-order valence-electron chi connectivity index (χ2n) is 2.24. The van der Waals surface area contributed by atoms with Crippen molar-refractivity contribution >= 4 is 24.7 Å². The molecule has 0 aliphatic heterocycles. The first-order valence-corrected chi connectivity index (χ1v) is 5.58. The molecule has 14 heavy (non-hydrogen) atoms. The molecule has 0 amide bonds. The van der Waals surface area contributed by atoms with Gasteiger partial charge in [0.05, 0.1) is 6.07 Å². The van der Waals surface area contributed by atoms with E-state index in [9.17, 15) is 8.42 Å². The molecule has 1 aromatic rings. The molecule has 0 saturated carbocycles. The molecule has 1 unspecified atom stereocenters. The number of hydrogen-bond acceptors (Lipinski definition) is 3. The summed E-state index contributed by atoms with van der Waals surface area (Å²) in [6.07, 6.45) is 0. The maximum atomic E-state index is 10.6. The predicted molar refractivity (Wildman–Crippen MR) is 56.9 cm³/mol. The molecule has 0 bridgehead atoms. The van der Waals surface area contributed by atoms with Gasteiger partial charge in [-0.15, -0.1) is 9.24 Å². The highest BCUT2D eigenvalue weighted by Gasteiger charge is 2.10. The Morgan fingerprint density at radius 2 is 1.86 bits per heavy atom. The smallest absolute Gasteiger partial charge is 0.282 e. The molecule has 0 radical (unpaired) electrons. The fourth-order valence-corrected chi connectivity index (χ4v) is 1.99. The third kappa shape index (κ3) is 4.33. The van der Waals surface area contributed by atoms with Crippen molar-refractivity contribution in [2.24, 2.45) is 0 Å². The molecule has 0 spiro atoms. The fraction of sp³-hybridized carbons (Fsp3) is 0.125. The van der Waals surface area contributed by atoms with Gasteiger partial charge in [0.15, 0.2) is 0 Å². The van der Waals surface area contributed by atoms with E-state index in [0.29, 0.717) is 5.30 Å². The van der Waals surface area contributed by atoms with Crippen molar-refractivity contribution in [3.8, 4) is 6.07 Å². The van der Waals surface area contributed by atoms with Crippen LogP contribution in [0.15, 0.2) is 29.2 Å². The van der Waals surface area contributed by atoms with Gasteiger partial charge < -0.3 is 0 Å². The van der Waals surface area contributed by atoms with Gasteiger partial charge in [-0.05, 0) is 11.4 Å². The Kier molecular flexibility index (Phi) is 5.32. The highest BCUT2D eigenvalue weighted by atomic mass is 32.2. The summed E-state index contributed by atoms with van der Waals surface area (Å²) in [7, 11) is -1.82. The van der Waals surface area contributed by atoms with Crippen molar-refractivity contribution in [1.29, 1.82) is 5.26 Å². The molecule has 0 aliphatic rings. The van der Waals surface area contributed by atoms with Crippen molar-refractivity contribution in [1.82, 2.24) is 0 Å². The Morgan fingerprint density at radius 3 is 2.14 bits per heavy atom. The summed E-state index contributed by atoms with van der Waals surface area (Å²) in [6, 6.07) is 7.93. The minimum Gasteiger partial charge on any atom is -0.282 e. The zero-order valence-electron chi connectivity index (χ0n) is 7.51. The van der Waals surface area contributed by atoms with E-state index in [1.54, 1.807) is 24.3 Å². The van der Waals surface area contributed by atoms with Crippen LogP contribution in [0, 0.1) is 11.3 Å². The zero-order chi connectivity index (χ0) is 11.2. The molecule has 1 rings (SSSR count). The van der Waals surface area contributed by atoms with Crippen LogP contribution in [-0.2, 0) is 10.1 Å². The monoisotopic (exact) mass is 231 g/mol. The van der Waals surface area contributed by atoms with Crippen LogP contribution >= 0.6 is 9.24 Å². The van der Waals surface area contributed by atoms with Crippen LogP contribution in [-0.4, -0.2) is 13.0 Å². The van der Waals surface area contributed by atoms with E-state index in [0.717, 1.165) is 0 Å². The first-order chi connectivity index (χ1) is 6.43. The van der Waals surface area contributed by atoms with Crippen LogP contribution in [0.2, 0.25) is 0 Å². The molecule has 1 aromatic carbocycles. The van der Waals surface area contributed by atoms with Crippen LogP contribution in [0.25, 0.3) is 0 Å². The summed E-state index contributed by atoms with van der Waals surface area (Å²) in [5.41, 5.74) is 0. The predicted octanol–water partition coefficient (Wildman–Crippen LogP) is 0.964. The van der Waals surface area contributed by atoms with E-state index >= 15 is 0 Å². The van der Waals surface area contributed by atoms with Crippen molar-refractivity contribution in [2.45, 2.75) is 11.8 Å². The third-order valence-electron chi connectivity index (χ3n) is 1.20. The quantitative estimate of drug-likeness (QED) is 0.576. The second-order valence-corrected chi connectivity index (χ2v) is 4.25. The normalized spacial score (nSPS) is 9.57. The number of hydrogen-bond donors (Lipinski definition) is 1. The number of nitriles is 1.